The van der Waals surface area contributed by atoms with Gasteiger partial charge in [0.05, 0.1) is 11.2 Å². The van der Waals surface area contributed by atoms with Crippen LogP contribution in [0.4, 0.5) is 10.5 Å². The van der Waals surface area contributed by atoms with Crippen molar-refractivity contribution in [2.24, 2.45) is 0 Å². The Morgan fingerprint density at radius 2 is 1.64 bits per heavy atom. The molecule has 0 atom stereocenters. The van der Waals surface area contributed by atoms with E-state index in [1.165, 1.54) is 0 Å². The highest BCUT2D eigenvalue weighted by Gasteiger charge is 2.26. The number of hydrogen-bond acceptors (Lipinski definition) is 2. The van der Waals surface area contributed by atoms with Gasteiger partial charge >= 0.3 is 6.03 Å². The normalized spacial score (nSPS) is 11.1. The zero-order chi connectivity index (χ0) is 16.3. The van der Waals surface area contributed by atoms with E-state index in [4.69, 9.17) is 23.2 Å². The average Bonchev–Trinajstić information content (AvgIpc) is 2.46. The Morgan fingerprint density at radius 1 is 1.09 bits per heavy atom. The first-order chi connectivity index (χ1) is 10.3. The number of nitrogens with one attached hydrogen (secondary N) is 1. The predicted octanol–water partition coefficient (Wildman–Crippen LogP) is 4.83. The topological polar surface area (TPSA) is 52.6 Å². The number of hydroxylamine groups is 1. The van der Waals surface area contributed by atoms with Gasteiger partial charge in [-0.15, -0.1) is 0 Å². The number of hydrogen-bond donors (Lipinski definition) is 2. The van der Waals surface area contributed by atoms with Crippen molar-refractivity contribution in [3.63, 3.8) is 0 Å². The van der Waals surface area contributed by atoms with E-state index >= 15 is 0 Å². The van der Waals surface area contributed by atoms with Crippen molar-refractivity contribution >= 4 is 34.9 Å². The third kappa shape index (κ3) is 3.91. The second kappa shape index (κ2) is 6.57. The highest BCUT2D eigenvalue weighted by Crippen LogP contribution is 2.27. The second-order valence-corrected chi connectivity index (χ2v) is 6.23. The lowest BCUT2D eigenvalue weighted by atomic mass is 9.94. The lowest BCUT2D eigenvalue weighted by Gasteiger charge is -2.29. The summed E-state index contributed by atoms with van der Waals surface area (Å²) in [6, 6.07) is 12.9. The number of urea groups is 1. The number of amides is 2. The molecule has 0 unspecified atom stereocenters. The summed E-state index contributed by atoms with van der Waals surface area (Å²) in [5, 5.41) is 14.2. The summed E-state index contributed by atoms with van der Waals surface area (Å²) >= 11 is 12.0. The molecule has 2 amide bonds. The van der Waals surface area contributed by atoms with Crippen LogP contribution in [-0.4, -0.2) is 11.2 Å². The molecule has 0 radical (unpaired) electrons. The average molecular weight is 339 g/mol. The molecule has 0 fully saturated rings. The molecule has 4 nitrogen and oxygen atoms in total. The monoisotopic (exact) mass is 338 g/mol. The molecule has 2 aromatic carbocycles. The molecule has 0 bridgehead atoms. The van der Waals surface area contributed by atoms with E-state index in [1.54, 1.807) is 62.4 Å². The zero-order valence-electron chi connectivity index (χ0n) is 12.2. The molecule has 116 valence electrons. The van der Waals surface area contributed by atoms with Crippen LogP contribution in [0.2, 0.25) is 10.0 Å². The van der Waals surface area contributed by atoms with Gasteiger partial charge in [0.15, 0.2) is 0 Å². The fourth-order valence-corrected chi connectivity index (χ4v) is 2.52. The summed E-state index contributed by atoms with van der Waals surface area (Å²) in [5.41, 5.74) is 0.348. The van der Waals surface area contributed by atoms with E-state index in [0.29, 0.717) is 20.8 Å². The van der Waals surface area contributed by atoms with Gasteiger partial charge in [0.1, 0.15) is 0 Å². The molecule has 2 aromatic rings. The number of halogens is 2. The van der Waals surface area contributed by atoms with Gasteiger partial charge in [-0.25, -0.2) is 4.79 Å². The smallest absolute Gasteiger partial charge is 0.327 e. The molecular formula is C16H16Cl2N2O2. The van der Waals surface area contributed by atoms with Gasteiger partial charge in [0, 0.05) is 10.0 Å². The molecule has 0 aliphatic carbocycles. The van der Waals surface area contributed by atoms with E-state index in [9.17, 15) is 10.0 Å². The Hall–Kier alpha value is -1.75. The summed E-state index contributed by atoms with van der Waals surface area (Å²) in [5.74, 6) is 0. The first kappa shape index (κ1) is 16.6. The van der Waals surface area contributed by atoms with Gasteiger partial charge in [-0.05, 0) is 49.7 Å². The van der Waals surface area contributed by atoms with E-state index in [0.717, 1.165) is 5.56 Å². The van der Waals surface area contributed by atoms with Crippen LogP contribution in [0, 0.1) is 0 Å². The summed E-state index contributed by atoms with van der Waals surface area (Å²) in [6.07, 6.45) is 0. The van der Waals surface area contributed by atoms with Crippen molar-refractivity contribution < 1.29 is 10.0 Å². The van der Waals surface area contributed by atoms with E-state index in [-0.39, 0.29) is 0 Å². The summed E-state index contributed by atoms with van der Waals surface area (Å²) < 4.78 is 0. The van der Waals surface area contributed by atoms with Crippen LogP contribution >= 0.6 is 23.2 Å². The largest absolute Gasteiger partial charge is 0.346 e. The highest BCUT2D eigenvalue weighted by atomic mass is 35.5. The first-order valence-corrected chi connectivity index (χ1v) is 7.38. The number of carbonyl (C=O) groups excluding carboxylic acids is 1. The number of anilines is 1. The van der Waals surface area contributed by atoms with Gasteiger partial charge in [0.2, 0.25) is 0 Å². The minimum Gasteiger partial charge on any atom is -0.327 e. The van der Waals surface area contributed by atoms with Gasteiger partial charge in [-0.1, -0.05) is 41.4 Å². The molecule has 0 saturated heterocycles. The molecular weight excluding hydrogens is 323 g/mol. The lowest BCUT2D eigenvalue weighted by molar-refractivity contribution is 0.195. The molecule has 6 heteroatoms. The summed E-state index contributed by atoms with van der Waals surface area (Å²) in [7, 11) is 0. The molecule has 0 aromatic heterocycles. The molecule has 0 aliphatic rings. The molecule has 2 rings (SSSR count). The number of rotatable bonds is 3. The molecule has 2 N–H and O–H groups in total. The van der Waals surface area contributed by atoms with E-state index < -0.39 is 11.6 Å². The summed E-state index contributed by atoms with van der Waals surface area (Å²) in [4.78, 5) is 12.2. The van der Waals surface area contributed by atoms with Gasteiger partial charge < -0.3 is 5.32 Å². The Bertz CT molecular complexity index is 655. The van der Waals surface area contributed by atoms with Crippen LogP contribution in [0.15, 0.2) is 48.5 Å². The van der Waals surface area contributed by atoms with Crippen molar-refractivity contribution in [1.29, 1.82) is 0 Å². The molecule has 0 heterocycles. The van der Waals surface area contributed by atoms with Crippen LogP contribution in [0.5, 0.6) is 0 Å². The highest BCUT2D eigenvalue weighted by molar-refractivity contribution is 6.34. The number of carbonyl (C=O) groups is 1. The van der Waals surface area contributed by atoms with Crippen LogP contribution in [0.3, 0.4) is 0 Å². The molecule has 0 saturated carbocycles. The number of benzene rings is 2. The first-order valence-electron chi connectivity index (χ1n) is 6.62. The van der Waals surface area contributed by atoms with E-state index in [2.05, 4.69) is 5.32 Å². The minimum atomic E-state index is -0.763. The van der Waals surface area contributed by atoms with Crippen molar-refractivity contribution in [1.82, 2.24) is 5.32 Å². The van der Waals surface area contributed by atoms with Gasteiger partial charge in [-0.2, -0.15) is 5.06 Å². The van der Waals surface area contributed by atoms with Crippen molar-refractivity contribution in [2.45, 2.75) is 19.4 Å². The quantitative estimate of drug-likeness (QED) is 0.621. The predicted molar refractivity (Wildman–Crippen MR) is 88.7 cm³/mol. The van der Waals surface area contributed by atoms with Gasteiger partial charge in [-0.3, -0.25) is 5.21 Å². The lowest BCUT2D eigenvalue weighted by Crippen LogP contribution is -2.47. The third-order valence-electron chi connectivity index (χ3n) is 3.20. The van der Waals surface area contributed by atoms with Crippen LogP contribution in [0.1, 0.15) is 19.4 Å². The van der Waals surface area contributed by atoms with Gasteiger partial charge in [0.25, 0.3) is 0 Å². The second-order valence-electron chi connectivity index (χ2n) is 5.36. The SMILES string of the molecule is CC(C)(NC(=O)N(O)c1ccccc1)c1cc(Cl)cc(Cl)c1. The van der Waals surface area contributed by atoms with E-state index in [1.807, 2.05) is 0 Å². The Morgan fingerprint density at radius 3 is 2.18 bits per heavy atom. The number of para-hydroxylation sites is 1. The molecule has 22 heavy (non-hydrogen) atoms. The summed E-state index contributed by atoms with van der Waals surface area (Å²) in [6.45, 7) is 3.59. The fraction of sp³-hybridized carbons (Fsp3) is 0.188. The standard InChI is InChI=1S/C16H16Cl2N2O2/c1-16(2,11-8-12(17)10-13(18)9-11)19-15(21)20(22)14-6-4-3-5-7-14/h3-10,22H,1-2H3,(H,19,21). The van der Waals surface area contributed by atoms with Crippen molar-refractivity contribution in [3.8, 4) is 0 Å². The maximum atomic E-state index is 12.2. The maximum absolute atomic E-state index is 12.2. The molecule has 0 aliphatic heterocycles. The maximum Gasteiger partial charge on any atom is 0.346 e. The zero-order valence-corrected chi connectivity index (χ0v) is 13.7. The van der Waals surface area contributed by atoms with Crippen LogP contribution in [-0.2, 0) is 5.54 Å². The third-order valence-corrected chi connectivity index (χ3v) is 3.63. The van der Waals surface area contributed by atoms with Crippen LogP contribution in [0.25, 0.3) is 0 Å². The van der Waals surface area contributed by atoms with Crippen molar-refractivity contribution in [3.05, 3.63) is 64.1 Å². The Balaban J connectivity index is 2.19. The van der Waals surface area contributed by atoms with Crippen molar-refractivity contribution in [2.75, 3.05) is 5.06 Å². The van der Waals surface area contributed by atoms with Crippen LogP contribution < -0.4 is 10.4 Å². The Kier molecular flexibility index (Phi) is 4.96. The molecule has 0 spiro atoms. The fourth-order valence-electron chi connectivity index (χ4n) is 1.99. The number of nitrogens with zero attached hydrogens (tertiary/aromatic N) is 1. The Labute approximate surface area is 139 Å². The minimum absolute atomic E-state index is 0.375.